The third kappa shape index (κ3) is 2.70. The molecule has 0 aliphatic heterocycles. The topological polar surface area (TPSA) is 57.8 Å². The highest BCUT2D eigenvalue weighted by Gasteiger charge is 2.04. The van der Waals surface area contributed by atoms with Crippen molar-refractivity contribution in [3.63, 3.8) is 0 Å². The first-order valence-electron chi connectivity index (χ1n) is 5.09. The van der Waals surface area contributed by atoms with Crippen molar-refractivity contribution < 1.29 is 4.79 Å². The molecule has 0 fully saturated rings. The Morgan fingerprint density at radius 1 is 1.50 bits per heavy atom. The summed E-state index contributed by atoms with van der Waals surface area (Å²) in [5.74, 6) is 0.415. The zero-order valence-electron chi connectivity index (χ0n) is 9.03. The van der Waals surface area contributed by atoms with Crippen molar-refractivity contribution in [1.82, 2.24) is 9.97 Å². The molecule has 0 bridgehead atoms. The smallest absolute Gasteiger partial charge is 0.231 e. The Balaban J connectivity index is 1.97. The number of H-pyrrole nitrogens is 1. The molecule has 1 heterocycles. The van der Waals surface area contributed by atoms with Gasteiger partial charge in [0.15, 0.2) is 0 Å². The van der Waals surface area contributed by atoms with Crippen molar-refractivity contribution in [3.8, 4) is 0 Å². The molecular weight excluding hydrogens is 202 g/mol. The Hall–Kier alpha value is -2.10. The number of carbonyl (C=O) groups is 1. The Morgan fingerprint density at radius 2 is 2.38 bits per heavy atom. The van der Waals surface area contributed by atoms with E-state index in [1.807, 2.05) is 31.2 Å². The van der Waals surface area contributed by atoms with Gasteiger partial charge >= 0.3 is 0 Å². The van der Waals surface area contributed by atoms with Crippen LogP contribution in [0.25, 0.3) is 0 Å². The van der Waals surface area contributed by atoms with Gasteiger partial charge in [0.05, 0.1) is 6.42 Å². The van der Waals surface area contributed by atoms with Crippen LogP contribution < -0.4 is 5.32 Å². The van der Waals surface area contributed by atoms with Gasteiger partial charge in [-0.1, -0.05) is 29.8 Å². The number of rotatable bonds is 3. The SMILES string of the molecule is Cc1cccc(CC(=O)Nc2ncc[nH]2)c1. The summed E-state index contributed by atoms with van der Waals surface area (Å²) in [4.78, 5) is 18.4. The monoisotopic (exact) mass is 215 g/mol. The number of amides is 1. The molecule has 0 unspecified atom stereocenters. The summed E-state index contributed by atoms with van der Waals surface area (Å²) in [6.45, 7) is 2.01. The van der Waals surface area contributed by atoms with Crippen LogP contribution in [0.1, 0.15) is 11.1 Å². The molecule has 0 aliphatic rings. The number of benzene rings is 1. The number of carbonyl (C=O) groups excluding carboxylic acids is 1. The first kappa shape index (κ1) is 10.4. The highest BCUT2D eigenvalue weighted by Crippen LogP contribution is 2.05. The van der Waals surface area contributed by atoms with Crippen molar-refractivity contribution in [1.29, 1.82) is 0 Å². The normalized spacial score (nSPS) is 10.1. The summed E-state index contributed by atoms with van der Waals surface area (Å²) >= 11 is 0. The fourth-order valence-corrected chi connectivity index (χ4v) is 1.52. The lowest BCUT2D eigenvalue weighted by Crippen LogP contribution is -2.15. The summed E-state index contributed by atoms with van der Waals surface area (Å²) in [5.41, 5.74) is 2.16. The Kier molecular flexibility index (Phi) is 3.00. The summed E-state index contributed by atoms with van der Waals surface area (Å²) < 4.78 is 0. The van der Waals surface area contributed by atoms with Gasteiger partial charge in [0.25, 0.3) is 0 Å². The molecule has 4 nitrogen and oxygen atoms in total. The van der Waals surface area contributed by atoms with Gasteiger partial charge in [-0.2, -0.15) is 0 Å². The largest absolute Gasteiger partial charge is 0.331 e. The van der Waals surface area contributed by atoms with Gasteiger partial charge in [-0.25, -0.2) is 4.98 Å². The van der Waals surface area contributed by atoms with Crippen molar-refractivity contribution >= 4 is 11.9 Å². The minimum atomic E-state index is -0.0689. The van der Waals surface area contributed by atoms with E-state index in [0.29, 0.717) is 12.4 Å². The van der Waals surface area contributed by atoms with E-state index in [4.69, 9.17) is 0 Å². The third-order valence-corrected chi connectivity index (χ3v) is 2.20. The lowest BCUT2D eigenvalue weighted by molar-refractivity contribution is -0.115. The van der Waals surface area contributed by atoms with E-state index < -0.39 is 0 Å². The number of aryl methyl sites for hydroxylation is 1. The van der Waals surface area contributed by atoms with Gasteiger partial charge < -0.3 is 4.98 Å². The average Bonchev–Trinajstić information content (AvgIpc) is 2.70. The van der Waals surface area contributed by atoms with Crippen LogP contribution in [0.4, 0.5) is 5.95 Å². The average molecular weight is 215 g/mol. The second kappa shape index (κ2) is 4.61. The van der Waals surface area contributed by atoms with Crippen LogP contribution in [-0.2, 0) is 11.2 Å². The van der Waals surface area contributed by atoms with E-state index in [1.54, 1.807) is 12.4 Å². The number of aromatic nitrogens is 2. The lowest BCUT2D eigenvalue weighted by atomic mass is 10.1. The van der Waals surface area contributed by atoms with E-state index in [-0.39, 0.29) is 5.91 Å². The third-order valence-electron chi connectivity index (χ3n) is 2.20. The van der Waals surface area contributed by atoms with Gasteiger partial charge in [0, 0.05) is 12.4 Å². The second-order valence-corrected chi connectivity index (χ2v) is 3.65. The van der Waals surface area contributed by atoms with E-state index >= 15 is 0 Å². The molecule has 0 spiro atoms. The van der Waals surface area contributed by atoms with E-state index in [9.17, 15) is 4.79 Å². The maximum Gasteiger partial charge on any atom is 0.231 e. The Morgan fingerprint density at radius 3 is 3.06 bits per heavy atom. The summed E-state index contributed by atoms with van der Waals surface area (Å²) in [6.07, 6.45) is 3.63. The summed E-state index contributed by atoms with van der Waals surface area (Å²) in [6, 6.07) is 7.90. The molecule has 2 aromatic rings. The first-order chi connectivity index (χ1) is 7.74. The molecule has 0 radical (unpaired) electrons. The molecule has 0 saturated heterocycles. The minimum absolute atomic E-state index is 0.0689. The molecule has 0 aliphatic carbocycles. The number of hydrogen-bond donors (Lipinski definition) is 2. The molecule has 0 atom stereocenters. The first-order valence-corrected chi connectivity index (χ1v) is 5.09. The number of anilines is 1. The van der Waals surface area contributed by atoms with Crippen LogP contribution in [0.3, 0.4) is 0 Å². The Labute approximate surface area is 93.7 Å². The number of nitrogens with zero attached hydrogens (tertiary/aromatic N) is 1. The van der Waals surface area contributed by atoms with Gasteiger partial charge in [0.1, 0.15) is 0 Å². The van der Waals surface area contributed by atoms with E-state index in [2.05, 4.69) is 15.3 Å². The highest BCUT2D eigenvalue weighted by atomic mass is 16.1. The van der Waals surface area contributed by atoms with Crippen LogP contribution in [0, 0.1) is 6.92 Å². The molecule has 2 rings (SSSR count). The van der Waals surface area contributed by atoms with Gasteiger partial charge in [-0.15, -0.1) is 0 Å². The van der Waals surface area contributed by atoms with Gasteiger partial charge in [-0.05, 0) is 12.5 Å². The minimum Gasteiger partial charge on any atom is -0.331 e. The molecule has 16 heavy (non-hydrogen) atoms. The fraction of sp³-hybridized carbons (Fsp3) is 0.167. The number of nitrogens with one attached hydrogen (secondary N) is 2. The Bertz CT molecular complexity index is 477. The molecule has 1 aromatic heterocycles. The molecule has 0 saturated carbocycles. The molecule has 4 heteroatoms. The zero-order valence-corrected chi connectivity index (χ0v) is 9.03. The molecule has 1 aromatic carbocycles. The van der Waals surface area contributed by atoms with Crippen LogP contribution in [0.5, 0.6) is 0 Å². The van der Waals surface area contributed by atoms with Crippen molar-refractivity contribution in [3.05, 3.63) is 47.8 Å². The zero-order chi connectivity index (χ0) is 11.4. The number of aromatic amines is 1. The lowest BCUT2D eigenvalue weighted by Gasteiger charge is -2.02. The van der Waals surface area contributed by atoms with Crippen LogP contribution in [0.2, 0.25) is 0 Å². The van der Waals surface area contributed by atoms with E-state index in [1.165, 1.54) is 0 Å². The molecule has 2 N–H and O–H groups in total. The quantitative estimate of drug-likeness (QED) is 0.821. The molecule has 82 valence electrons. The second-order valence-electron chi connectivity index (χ2n) is 3.65. The molecular formula is C12H13N3O. The predicted molar refractivity (Wildman–Crippen MR) is 62.1 cm³/mol. The van der Waals surface area contributed by atoms with Crippen molar-refractivity contribution in [2.24, 2.45) is 0 Å². The summed E-state index contributed by atoms with van der Waals surface area (Å²) in [5, 5.41) is 2.68. The van der Waals surface area contributed by atoms with Crippen LogP contribution >= 0.6 is 0 Å². The van der Waals surface area contributed by atoms with Crippen LogP contribution in [0.15, 0.2) is 36.7 Å². The highest BCUT2D eigenvalue weighted by molar-refractivity contribution is 5.90. The number of imidazole rings is 1. The standard InChI is InChI=1S/C12H13N3O/c1-9-3-2-4-10(7-9)8-11(16)15-12-13-5-6-14-12/h2-7H,8H2,1H3,(H2,13,14,15,16). The maximum absolute atomic E-state index is 11.6. The van der Waals surface area contributed by atoms with Crippen LogP contribution in [-0.4, -0.2) is 15.9 Å². The number of hydrogen-bond acceptors (Lipinski definition) is 2. The van der Waals surface area contributed by atoms with Gasteiger partial charge in [-0.3, -0.25) is 10.1 Å². The molecule has 1 amide bonds. The van der Waals surface area contributed by atoms with Crippen molar-refractivity contribution in [2.75, 3.05) is 5.32 Å². The predicted octanol–water partition coefficient (Wildman–Crippen LogP) is 1.90. The van der Waals surface area contributed by atoms with Crippen molar-refractivity contribution in [2.45, 2.75) is 13.3 Å². The summed E-state index contributed by atoms with van der Waals surface area (Å²) in [7, 11) is 0. The maximum atomic E-state index is 11.6. The fourth-order valence-electron chi connectivity index (χ4n) is 1.52. The van der Waals surface area contributed by atoms with Gasteiger partial charge in [0.2, 0.25) is 11.9 Å². The van der Waals surface area contributed by atoms with E-state index in [0.717, 1.165) is 11.1 Å².